The molecule has 0 spiro atoms. The van der Waals surface area contributed by atoms with Crippen molar-refractivity contribution in [1.82, 2.24) is 19.9 Å². The third-order valence-corrected chi connectivity index (χ3v) is 5.96. The molecule has 1 saturated heterocycles. The second kappa shape index (κ2) is 12.3. The van der Waals surface area contributed by atoms with Gasteiger partial charge in [-0.3, -0.25) is 9.91 Å². The molecule has 1 amide bonds. The minimum Gasteiger partial charge on any atom is -0.463 e. The molecule has 204 valence electrons. The van der Waals surface area contributed by atoms with Crippen molar-refractivity contribution in [2.75, 3.05) is 43.2 Å². The number of likely N-dealkylation sites (tertiary alicyclic amines) is 1. The number of rotatable bonds is 10. The molecule has 1 aliphatic rings. The Morgan fingerprint density at radius 1 is 1.19 bits per heavy atom. The number of halogens is 1. The standard InChI is InChI=1S/C26H40FN7O3/c1-6-7-14-36-24-30-22(29)21(28)23(31-24)34(32(5)25(35)37-26(2,3)4)17-19-15-18(10-11-20(19)27)16-33-12-8-9-13-33/h10-11,15H,6-9,12-14,16-17,28H2,1-5H3,(H2,29,30,31). The van der Waals surface area contributed by atoms with E-state index in [0.717, 1.165) is 38.0 Å². The second-order valence-electron chi connectivity index (χ2n) is 10.3. The number of anilines is 3. The first-order chi connectivity index (χ1) is 17.5. The molecule has 0 unspecified atom stereocenters. The summed E-state index contributed by atoms with van der Waals surface area (Å²) in [4.78, 5) is 24.0. The Hall–Kier alpha value is -3.34. The number of aromatic nitrogens is 2. The maximum Gasteiger partial charge on any atom is 0.429 e. The minimum absolute atomic E-state index is 0.00217. The van der Waals surface area contributed by atoms with E-state index in [4.69, 9.17) is 20.9 Å². The molecule has 1 aromatic heterocycles. The van der Waals surface area contributed by atoms with Crippen LogP contribution in [0.15, 0.2) is 18.2 Å². The van der Waals surface area contributed by atoms with Crippen LogP contribution in [-0.4, -0.2) is 58.3 Å². The van der Waals surface area contributed by atoms with Gasteiger partial charge in [0, 0.05) is 19.2 Å². The van der Waals surface area contributed by atoms with E-state index >= 15 is 4.39 Å². The molecule has 1 aliphatic heterocycles. The second-order valence-corrected chi connectivity index (χ2v) is 10.3. The van der Waals surface area contributed by atoms with Gasteiger partial charge in [0.2, 0.25) is 0 Å². The zero-order valence-corrected chi connectivity index (χ0v) is 22.6. The number of nitrogens with two attached hydrogens (primary N) is 2. The number of hydrogen-bond donors (Lipinski definition) is 2. The average molecular weight is 518 g/mol. The van der Waals surface area contributed by atoms with Crippen molar-refractivity contribution in [2.24, 2.45) is 0 Å². The van der Waals surface area contributed by atoms with Crippen molar-refractivity contribution in [3.63, 3.8) is 0 Å². The Morgan fingerprint density at radius 3 is 2.54 bits per heavy atom. The molecule has 11 heteroatoms. The molecule has 3 rings (SSSR count). The number of nitrogens with zero attached hydrogens (tertiary/aromatic N) is 5. The van der Waals surface area contributed by atoms with Crippen molar-refractivity contribution in [3.8, 4) is 6.01 Å². The fourth-order valence-corrected chi connectivity index (χ4v) is 3.98. The van der Waals surface area contributed by atoms with E-state index in [1.54, 1.807) is 26.8 Å². The average Bonchev–Trinajstić information content (AvgIpc) is 3.33. The summed E-state index contributed by atoms with van der Waals surface area (Å²) in [6.07, 6.45) is 3.41. The molecule has 4 N–H and O–H groups in total. The molecule has 0 radical (unpaired) electrons. The number of ether oxygens (including phenoxy) is 2. The highest BCUT2D eigenvalue weighted by Crippen LogP contribution is 2.31. The summed E-state index contributed by atoms with van der Waals surface area (Å²) in [5, 5.41) is 2.65. The van der Waals surface area contributed by atoms with Crippen LogP contribution in [0.3, 0.4) is 0 Å². The molecule has 2 aromatic rings. The van der Waals surface area contributed by atoms with E-state index in [-0.39, 0.29) is 29.9 Å². The number of carbonyl (C=O) groups is 1. The monoisotopic (exact) mass is 517 g/mol. The lowest BCUT2D eigenvalue weighted by atomic mass is 10.1. The lowest BCUT2D eigenvalue weighted by Gasteiger charge is -2.35. The first-order valence-corrected chi connectivity index (χ1v) is 12.8. The van der Waals surface area contributed by atoms with Gasteiger partial charge in [0.05, 0.1) is 13.2 Å². The summed E-state index contributed by atoms with van der Waals surface area (Å²) in [6.45, 7) is 10.5. The van der Waals surface area contributed by atoms with E-state index < -0.39 is 17.5 Å². The molecule has 0 saturated carbocycles. The zero-order valence-electron chi connectivity index (χ0n) is 22.6. The van der Waals surface area contributed by atoms with Gasteiger partial charge >= 0.3 is 12.1 Å². The smallest absolute Gasteiger partial charge is 0.429 e. The molecule has 1 aromatic carbocycles. The molecule has 10 nitrogen and oxygen atoms in total. The first-order valence-electron chi connectivity index (χ1n) is 12.8. The topological polar surface area (TPSA) is 123 Å². The van der Waals surface area contributed by atoms with Crippen LogP contribution in [0.4, 0.5) is 26.5 Å². The predicted molar refractivity (Wildman–Crippen MR) is 142 cm³/mol. The van der Waals surface area contributed by atoms with Gasteiger partial charge in [-0.1, -0.05) is 19.4 Å². The summed E-state index contributed by atoms with van der Waals surface area (Å²) in [5.74, 6) is -0.285. The van der Waals surface area contributed by atoms with E-state index in [9.17, 15) is 4.79 Å². The fraction of sp³-hybridized carbons (Fsp3) is 0.577. The molecule has 0 aliphatic carbocycles. The number of amides is 1. The highest BCUT2D eigenvalue weighted by atomic mass is 19.1. The zero-order chi connectivity index (χ0) is 27.2. The van der Waals surface area contributed by atoms with Crippen molar-refractivity contribution in [1.29, 1.82) is 0 Å². The van der Waals surface area contributed by atoms with E-state index in [0.29, 0.717) is 12.2 Å². The van der Waals surface area contributed by atoms with Crippen molar-refractivity contribution in [2.45, 2.75) is 72.1 Å². The van der Waals surface area contributed by atoms with Gasteiger partial charge in [-0.05, 0) is 70.8 Å². The predicted octanol–water partition coefficient (Wildman–Crippen LogP) is 4.34. The number of nitrogen functional groups attached to an aromatic ring is 2. The van der Waals surface area contributed by atoms with Gasteiger partial charge in [-0.2, -0.15) is 9.97 Å². The van der Waals surface area contributed by atoms with Crippen molar-refractivity contribution >= 4 is 23.4 Å². The number of carbonyl (C=O) groups excluding carboxylic acids is 1. The van der Waals surface area contributed by atoms with Crippen LogP contribution in [-0.2, 0) is 17.8 Å². The Labute approximate surface area is 218 Å². The largest absolute Gasteiger partial charge is 0.463 e. The number of hydrogen-bond acceptors (Lipinski definition) is 9. The molecule has 1 fully saturated rings. The maximum absolute atomic E-state index is 15.1. The molecule has 37 heavy (non-hydrogen) atoms. The molecular weight excluding hydrogens is 477 g/mol. The van der Waals surface area contributed by atoms with Gasteiger partial charge in [-0.15, -0.1) is 0 Å². The van der Waals surface area contributed by atoms with Gasteiger partial charge in [0.25, 0.3) is 0 Å². The summed E-state index contributed by atoms with van der Waals surface area (Å²) >= 11 is 0. The Balaban J connectivity index is 1.98. The van der Waals surface area contributed by atoms with Crippen LogP contribution in [0.5, 0.6) is 6.01 Å². The van der Waals surface area contributed by atoms with Crippen molar-refractivity contribution in [3.05, 3.63) is 35.1 Å². The van der Waals surface area contributed by atoms with Crippen LogP contribution in [0.2, 0.25) is 0 Å². The molecule has 0 bridgehead atoms. The molecule has 2 heterocycles. The summed E-state index contributed by atoms with van der Waals surface area (Å²) in [7, 11) is 1.51. The number of unbranched alkanes of at least 4 members (excludes halogenated alkanes) is 1. The highest BCUT2D eigenvalue weighted by Gasteiger charge is 2.29. The Kier molecular flexibility index (Phi) is 9.36. The molecule has 0 atom stereocenters. The van der Waals surface area contributed by atoms with Crippen LogP contribution >= 0.6 is 0 Å². The van der Waals surface area contributed by atoms with E-state index in [2.05, 4.69) is 14.9 Å². The SMILES string of the molecule is CCCCOc1nc(N)c(N)c(N(Cc2cc(CN3CCCC3)ccc2F)N(C)C(=O)OC(C)(C)C)n1. The van der Waals surface area contributed by atoms with Crippen LogP contribution in [0.1, 0.15) is 64.5 Å². The quantitative estimate of drug-likeness (QED) is 0.350. The third kappa shape index (κ3) is 7.82. The third-order valence-electron chi connectivity index (χ3n) is 5.96. The van der Waals surface area contributed by atoms with Gasteiger partial charge < -0.3 is 20.9 Å². The van der Waals surface area contributed by atoms with Crippen LogP contribution < -0.4 is 21.2 Å². The van der Waals surface area contributed by atoms with Gasteiger partial charge in [-0.25, -0.2) is 14.2 Å². The summed E-state index contributed by atoms with van der Waals surface area (Å²) < 4.78 is 26.3. The molecular formula is C26H40FN7O3. The van der Waals surface area contributed by atoms with Crippen LogP contribution in [0.25, 0.3) is 0 Å². The van der Waals surface area contributed by atoms with Gasteiger partial charge in [0.15, 0.2) is 11.6 Å². The minimum atomic E-state index is -0.747. The first kappa shape index (κ1) is 28.2. The van der Waals surface area contributed by atoms with Crippen molar-refractivity contribution < 1.29 is 18.7 Å². The Bertz CT molecular complexity index is 1070. The lowest BCUT2D eigenvalue weighted by molar-refractivity contribution is 0.0271. The van der Waals surface area contributed by atoms with E-state index in [1.807, 2.05) is 13.0 Å². The number of benzene rings is 1. The van der Waals surface area contributed by atoms with E-state index in [1.165, 1.54) is 36.0 Å². The lowest BCUT2D eigenvalue weighted by Crippen LogP contribution is -2.47. The van der Waals surface area contributed by atoms with Crippen LogP contribution in [0, 0.1) is 5.82 Å². The van der Waals surface area contributed by atoms with Gasteiger partial charge in [0.1, 0.15) is 17.1 Å². The highest BCUT2D eigenvalue weighted by molar-refractivity contribution is 5.77. The fourth-order valence-electron chi connectivity index (χ4n) is 3.98. The normalized spacial score (nSPS) is 14.0. The maximum atomic E-state index is 15.1. The summed E-state index contributed by atoms with van der Waals surface area (Å²) in [6, 6.07) is 5.07. The summed E-state index contributed by atoms with van der Waals surface area (Å²) in [5.41, 5.74) is 13.0. The number of hydrazine groups is 1. The Morgan fingerprint density at radius 2 is 1.89 bits per heavy atom.